The lowest BCUT2D eigenvalue weighted by Gasteiger charge is -2.32. The van der Waals surface area contributed by atoms with Crippen molar-refractivity contribution in [3.63, 3.8) is 0 Å². The van der Waals surface area contributed by atoms with Gasteiger partial charge in [0.25, 0.3) is 5.91 Å². The topological polar surface area (TPSA) is 23.6 Å². The van der Waals surface area contributed by atoms with Crippen LogP contribution in [0.15, 0.2) is 18.2 Å². The monoisotopic (exact) mass is 236 g/mol. The third-order valence-corrected chi connectivity index (χ3v) is 3.21. The third kappa shape index (κ3) is 2.64. The normalized spacial score (nSPS) is 17.2. The Kier molecular flexibility index (Phi) is 3.43. The molecular formula is C13H17FN2O. The molecule has 0 bridgehead atoms. The van der Waals surface area contributed by atoms with Crippen LogP contribution in [-0.4, -0.2) is 48.9 Å². The summed E-state index contributed by atoms with van der Waals surface area (Å²) in [6.07, 6.45) is 0. The molecule has 1 saturated heterocycles. The van der Waals surface area contributed by atoms with Crippen molar-refractivity contribution in [2.24, 2.45) is 0 Å². The van der Waals surface area contributed by atoms with Gasteiger partial charge >= 0.3 is 0 Å². The molecule has 0 radical (unpaired) electrons. The molecule has 2 rings (SSSR count). The molecule has 0 aromatic heterocycles. The molecule has 17 heavy (non-hydrogen) atoms. The minimum atomic E-state index is -0.294. The van der Waals surface area contributed by atoms with Gasteiger partial charge < -0.3 is 9.80 Å². The number of halogens is 1. The van der Waals surface area contributed by atoms with Crippen LogP contribution < -0.4 is 0 Å². The second kappa shape index (κ2) is 4.84. The van der Waals surface area contributed by atoms with E-state index in [0.29, 0.717) is 11.1 Å². The van der Waals surface area contributed by atoms with E-state index >= 15 is 0 Å². The summed E-state index contributed by atoms with van der Waals surface area (Å²) in [7, 11) is 2.05. The van der Waals surface area contributed by atoms with Crippen LogP contribution in [-0.2, 0) is 0 Å². The smallest absolute Gasteiger partial charge is 0.254 e. The minimum Gasteiger partial charge on any atom is -0.336 e. The van der Waals surface area contributed by atoms with Gasteiger partial charge in [-0.05, 0) is 37.7 Å². The maximum atomic E-state index is 13.0. The number of likely N-dealkylation sites (N-methyl/N-ethyl adjacent to an activating group) is 1. The minimum absolute atomic E-state index is 0.00981. The Morgan fingerprint density at radius 1 is 1.24 bits per heavy atom. The van der Waals surface area contributed by atoms with E-state index < -0.39 is 0 Å². The molecule has 1 aliphatic rings. The van der Waals surface area contributed by atoms with Crippen molar-refractivity contribution in [2.45, 2.75) is 6.92 Å². The summed E-state index contributed by atoms with van der Waals surface area (Å²) < 4.78 is 13.0. The largest absolute Gasteiger partial charge is 0.336 e. The Bertz CT molecular complexity index is 425. The molecule has 0 unspecified atom stereocenters. The highest BCUT2D eigenvalue weighted by molar-refractivity contribution is 5.95. The van der Waals surface area contributed by atoms with Gasteiger partial charge in [-0.15, -0.1) is 0 Å². The lowest BCUT2D eigenvalue weighted by molar-refractivity contribution is 0.0663. The molecule has 1 heterocycles. The summed E-state index contributed by atoms with van der Waals surface area (Å²) >= 11 is 0. The lowest BCUT2D eigenvalue weighted by Crippen LogP contribution is -2.47. The number of amides is 1. The second-order valence-electron chi connectivity index (χ2n) is 4.55. The van der Waals surface area contributed by atoms with Gasteiger partial charge in [-0.3, -0.25) is 4.79 Å². The van der Waals surface area contributed by atoms with Crippen LogP contribution in [0.3, 0.4) is 0 Å². The van der Waals surface area contributed by atoms with Crippen molar-refractivity contribution >= 4 is 5.91 Å². The van der Waals surface area contributed by atoms with Crippen LogP contribution in [0.25, 0.3) is 0 Å². The number of aryl methyl sites for hydroxylation is 1. The summed E-state index contributed by atoms with van der Waals surface area (Å²) in [5, 5.41) is 0. The molecule has 1 aromatic carbocycles. The van der Waals surface area contributed by atoms with Crippen LogP contribution in [0.5, 0.6) is 0 Å². The van der Waals surface area contributed by atoms with Crippen molar-refractivity contribution in [1.29, 1.82) is 0 Å². The van der Waals surface area contributed by atoms with Crippen LogP contribution in [0, 0.1) is 12.7 Å². The van der Waals surface area contributed by atoms with Crippen molar-refractivity contribution in [3.8, 4) is 0 Å². The standard InChI is InChI=1S/C13H17FN2O/c1-10-9-11(14)3-4-12(10)13(17)16-7-5-15(2)6-8-16/h3-4,9H,5-8H2,1-2H3. The van der Waals surface area contributed by atoms with E-state index in [1.54, 1.807) is 13.0 Å². The second-order valence-corrected chi connectivity index (χ2v) is 4.55. The van der Waals surface area contributed by atoms with Gasteiger partial charge in [0.05, 0.1) is 0 Å². The SMILES string of the molecule is Cc1cc(F)ccc1C(=O)N1CCN(C)CC1. The average molecular weight is 236 g/mol. The fraction of sp³-hybridized carbons (Fsp3) is 0.462. The summed E-state index contributed by atoms with van der Waals surface area (Å²) in [4.78, 5) is 16.3. The zero-order valence-corrected chi connectivity index (χ0v) is 10.2. The highest BCUT2D eigenvalue weighted by atomic mass is 19.1. The number of carbonyl (C=O) groups excluding carboxylic acids is 1. The number of carbonyl (C=O) groups is 1. The van der Waals surface area contributed by atoms with Crippen molar-refractivity contribution in [2.75, 3.05) is 33.2 Å². The summed E-state index contributed by atoms with van der Waals surface area (Å²) in [5.74, 6) is -0.284. The van der Waals surface area contributed by atoms with Gasteiger partial charge in [0.1, 0.15) is 5.82 Å². The molecule has 1 amide bonds. The van der Waals surface area contributed by atoms with E-state index in [9.17, 15) is 9.18 Å². The number of piperazine rings is 1. The van der Waals surface area contributed by atoms with Gasteiger partial charge in [0.15, 0.2) is 0 Å². The van der Waals surface area contributed by atoms with Crippen molar-refractivity contribution in [1.82, 2.24) is 9.80 Å². The highest BCUT2D eigenvalue weighted by Gasteiger charge is 2.21. The predicted molar refractivity (Wildman–Crippen MR) is 64.5 cm³/mol. The van der Waals surface area contributed by atoms with Gasteiger partial charge in [0, 0.05) is 31.7 Å². The van der Waals surface area contributed by atoms with E-state index in [1.165, 1.54) is 12.1 Å². The molecule has 0 aliphatic carbocycles. The molecule has 1 aliphatic heterocycles. The van der Waals surface area contributed by atoms with Crippen LogP contribution in [0.2, 0.25) is 0 Å². The molecular weight excluding hydrogens is 219 g/mol. The Hall–Kier alpha value is -1.42. The number of hydrogen-bond acceptors (Lipinski definition) is 2. The zero-order valence-electron chi connectivity index (χ0n) is 10.2. The maximum absolute atomic E-state index is 13.0. The first kappa shape index (κ1) is 12.0. The van der Waals surface area contributed by atoms with Gasteiger partial charge in [-0.2, -0.15) is 0 Å². The van der Waals surface area contributed by atoms with E-state index in [1.807, 2.05) is 11.9 Å². The number of rotatable bonds is 1. The fourth-order valence-electron chi connectivity index (χ4n) is 2.05. The lowest BCUT2D eigenvalue weighted by atomic mass is 10.1. The molecule has 1 fully saturated rings. The Morgan fingerprint density at radius 3 is 2.47 bits per heavy atom. The van der Waals surface area contributed by atoms with Crippen molar-refractivity contribution < 1.29 is 9.18 Å². The molecule has 1 aromatic rings. The average Bonchev–Trinajstić information content (AvgIpc) is 2.29. The molecule has 4 heteroatoms. The first-order chi connectivity index (χ1) is 8.08. The molecule has 0 atom stereocenters. The first-order valence-corrected chi connectivity index (χ1v) is 5.82. The predicted octanol–water partition coefficient (Wildman–Crippen LogP) is 1.52. The Morgan fingerprint density at radius 2 is 1.88 bits per heavy atom. The summed E-state index contributed by atoms with van der Waals surface area (Å²) in [6.45, 7) is 5.04. The zero-order chi connectivity index (χ0) is 12.4. The van der Waals surface area contributed by atoms with Crippen LogP contribution in [0.4, 0.5) is 4.39 Å². The molecule has 0 saturated carbocycles. The number of hydrogen-bond donors (Lipinski definition) is 0. The van der Waals surface area contributed by atoms with Gasteiger partial charge in [0.2, 0.25) is 0 Å². The molecule has 92 valence electrons. The van der Waals surface area contributed by atoms with Crippen LogP contribution >= 0.6 is 0 Å². The summed E-state index contributed by atoms with van der Waals surface area (Å²) in [5.41, 5.74) is 1.31. The Balaban J connectivity index is 2.14. The van der Waals surface area contributed by atoms with Crippen molar-refractivity contribution in [3.05, 3.63) is 35.1 Å². The molecule has 3 nitrogen and oxygen atoms in total. The van der Waals surface area contributed by atoms with E-state index in [0.717, 1.165) is 26.2 Å². The maximum Gasteiger partial charge on any atom is 0.254 e. The van der Waals surface area contributed by atoms with E-state index in [2.05, 4.69) is 4.90 Å². The van der Waals surface area contributed by atoms with Gasteiger partial charge in [-0.25, -0.2) is 4.39 Å². The third-order valence-electron chi connectivity index (χ3n) is 3.21. The first-order valence-electron chi connectivity index (χ1n) is 5.82. The quantitative estimate of drug-likeness (QED) is 0.738. The van der Waals surface area contributed by atoms with Crippen LogP contribution in [0.1, 0.15) is 15.9 Å². The van der Waals surface area contributed by atoms with Gasteiger partial charge in [-0.1, -0.05) is 0 Å². The summed E-state index contributed by atoms with van der Waals surface area (Å²) in [6, 6.07) is 4.32. The number of nitrogens with zero attached hydrogens (tertiary/aromatic N) is 2. The fourth-order valence-corrected chi connectivity index (χ4v) is 2.05. The van der Waals surface area contributed by atoms with E-state index in [4.69, 9.17) is 0 Å². The highest BCUT2D eigenvalue weighted by Crippen LogP contribution is 2.14. The molecule has 0 spiro atoms. The van der Waals surface area contributed by atoms with E-state index in [-0.39, 0.29) is 11.7 Å². The Labute approximate surface area is 101 Å². The number of benzene rings is 1. The molecule has 0 N–H and O–H groups in total.